The second kappa shape index (κ2) is 13.0. The summed E-state index contributed by atoms with van der Waals surface area (Å²) in [5, 5.41) is 17.5. The Labute approximate surface area is 126 Å². The van der Waals surface area contributed by atoms with E-state index in [2.05, 4.69) is 0 Å². The molecule has 2 atom stereocenters. The van der Waals surface area contributed by atoms with E-state index in [1.54, 1.807) is 0 Å². The number of hydrogen-bond acceptors (Lipinski definition) is 7. The maximum atomic E-state index is 11.9. The van der Waals surface area contributed by atoms with Gasteiger partial charge in [0.25, 0.3) is 0 Å². The van der Waals surface area contributed by atoms with E-state index in [9.17, 15) is 4.79 Å². The number of esters is 1. The molecule has 21 heavy (non-hydrogen) atoms. The lowest BCUT2D eigenvalue weighted by Gasteiger charge is -2.25. The third-order valence-electron chi connectivity index (χ3n) is 3.22. The van der Waals surface area contributed by atoms with Gasteiger partial charge in [0.2, 0.25) is 0 Å². The first kappa shape index (κ1) is 20.3. The minimum atomic E-state index is -0.621. The van der Waals surface area contributed by atoms with Crippen LogP contribution in [0.5, 0.6) is 0 Å². The Bertz CT molecular complexity index is 256. The smallest absolute Gasteiger partial charge is 0.308 e. The zero-order valence-electron chi connectivity index (χ0n) is 13.1. The summed E-state index contributed by atoms with van der Waals surface area (Å²) in [5.41, 5.74) is 0. The normalized spacial score (nSPS) is 14.2. The molecular weight excluding hydrogens is 280 g/mol. The molecule has 0 aromatic heterocycles. The predicted molar refractivity (Wildman–Crippen MR) is 75.5 cm³/mol. The van der Waals surface area contributed by atoms with Crippen LogP contribution < -0.4 is 0 Å². The van der Waals surface area contributed by atoms with Gasteiger partial charge in [0.05, 0.1) is 25.2 Å². The zero-order valence-corrected chi connectivity index (χ0v) is 13.1. The number of aliphatic hydroxyl groups excluding tert-OH is 2. The molecule has 0 heterocycles. The second-order valence-electron chi connectivity index (χ2n) is 4.57. The lowest BCUT2D eigenvalue weighted by Crippen LogP contribution is -2.35. The lowest BCUT2D eigenvalue weighted by molar-refractivity contribution is -0.162. The van der Waals surface area contributed by atoms with Crippen molar-refractivity contribution >= 4 is 5.97 Å². The van der Waals surface area contributed by atoms with Gasteiger partial charge in [0, 0.05) is 7.11 Å². The maximum absolute atomic E-state index is 11.9. The maximum Gasteiger partial charge on any atom is 0.308 e. The van der Waals surface area contributed by atoms with Gasteiger partial charge in [0.1, 0.15) is 19.7 Å². The van der Waals surface area contributed by atoms with Crippen molar-refractivity contribution in [1.82, 2.24) is 0 Å². The fraction of sp³-hybridized carbons (Fsp3) is 0.929. The first-order chi connectivity index (χ1) is 10.1. The van der Waals surface area contributed by atoms with Crippen LogP contribution in [-0.4, -0.2) is 61.8 Å². The molecule has 0 aromatic carbocycles. The molecule has 7 heteroatoms. The Morgan fingerprint density at radius 3 is 2.24 bits per heavy atom. The number of aliphatic hydroxyl groups is 2. The standard InChI is InChI=1S/C14H28O7/c1-4-11(5-2)21-14(17)8-13(20-10-16)12(18-3)6-7-19-9-15/h11-13,15-16H,4-10H2,1-3H3/t12-,13-/m1/s1. The molecule has 0 rings (SSSR count). The Hall–Kier alpha value is -0.730. The highest BCUT2D eigenvalue weighted by molar-refractivity contribution is 5.70. The third-order valence-corrected chi connectivity index (χ3v) is 3.22. The number of methoxy groups -OCH3 is 1. The van der Waals surface area contributed by atoms with Crippen LogP contribution in [0.2, 0.25) is 0 Å². The molecule has 0 aliphatic rings. The summed E-state index contributed by atoms with van der Waals surface area (Å²) in [6, 6.07) is 0. The van der Waals surface area contributed by atoms with Crippen molar-refractivity contribution in [3.63, 3.8) is 0 Å². The van der Waals surface area contributed by atoms with E-state index in [1.165, 1.54) is 7.11 Å². The summed E-state index contributed by atoms with van der Waals surface area (Å²) in [6.07, 6.45) is 0.778. The van der Waals surface area contributed by atoms with Crippen LogP contribution >= 0.6 is 0 Å². The zero-order chi connectivity index (χ0) is 16.1. The number of hydrogen-bond donors (Lipinski definition) is 2. The lowest BCUT2D eigenvalue weighted by atomic mass is 10.1. The van der Waals surface area contributed by atoms with Crippen LogP contribution in [0.3, 0.4) is 0 Å². The monoisotopic (exact) mass is 308 g/mol. The first-order valence-electron chi connectivity index (χ1n) is 7.26. The quantitative estimate of drug-likeness (QED) is 0.295. The Morgan fingerprint density at radius 1 is 1.10 bits per heavy atom. The number of carbonyl (C=O) groups is 1. The van der Waals surface area contributed by atoms with Crippen LogP contribution in [0, 0.1) is 0 Å². The van der Waals surface area contributed by atoms with Gasteiger partial charge in [-0.25, -0.2) is 0 Å². The predicted octanol–water partition coefficient (Wildman–Crippen LogP) is 0.815. The molecule has 7 nitrogen and oxygen atoms in total. The molecule has 0 unspecified atom stereocenters. The van der Waals surface area contributed by atoms with Gasteiger partial charge in [-0.05, 0) is 19.3 Å². The average molecular weight is 308 g/mol. The Balaban J connectivity index is 4.45. The molecule has 0 spiro atoms. The molecule has 126 valence electrons. The van der Waals surface area contributed by atoms with Gasteiger partial charge in [-0.2, -0.15) is 0 Å². The van der Waals surface area contributed by atoms with Gasteiger partial charge >= 0.3 is 5.97 Å². The minimum Gasteiger partial charge on any atom is -0.462 e. The van der Waals surface area contributed by atoms with Gasteiger partial charge in [-0.3, -0.25) is 4.79 Å². The van der Waals surface area contributed by atoms with Gasteiger partial charge in [-0.15, -0.1) is 0 Å². The molecule has 0 aliphatic heterocycles. The van der Waals surface area contributed by atoms with E-state index in [1.807, 2.05) is 13.8 Å². The molecule has 2 N–H and O–H groups in total. The molecule has 0 bridgehead atoms. The molecular formula is C14H28O7. The van der Waals surface area contributed by atoms with E-state index in [-0.39, 0.29) is 31.9 Å². The summed E-state index contributed by atoms with van der Waals surface area (Å²) < 4.78 is 20.6. The molecule has 0 saturated carbocycles. The van der Waals surface area contributed by atoms with Crippen LogP contribution in [-0.2, 0) is 23.7 Å². The van der Waals surface area contributed by atoms with Crippen molar-refractivity contribution in [2.24, 2.45) is 0 Å². The summed E-state index contributed by atoms with van der Waals surface area (Å²) in [4.78, 5) is 11.9. The highest BCUT2D eigenvalue weighted by atomic mass is 16.6. The summed E-state index contributed by atoms with van der Waals surface area (Å²) >= 11 is 0. The van der Waals surface area contributed by atoms with Crippen LogP contribution in [0.25, 0.3) is 0 Å². The third kappa shape index (κ3) is 9.00. The van der Waals surface area contributed by atoms with E-state index >= 15 is 0 Å². The van der Waals surface area contributed by atoms with Gasteiger partial charge < -0.3 is 29.2 Å². The van der Waals surface area contributed by atoms with Crippen LogP contribution in [0.4, 0.5) is 0 Å². The summed E-state index contributed by atoms with van der Waals surface area (Å²) in [6.45, 7) is 3.28. The second-order valence-corrected chi connectivity index (χ2v) is 4.57. The molecule has 0 aliphatic carbocycles. The van der Waals surface area contributed by atoms with Crippen molar-refractivity contribution in [1.29, 1.82) is 0 Å². The first-order valence-corrected chi connectivity index (χ1v) is 7.26. The van der Waals surface area contributed by atoms with Gasteiger partial charge in [0.15, 0.2) is 0 Å². The number of ether oxygens (including phenoxy) is 4. The minimum absolute atomic E-state index is 0.00527. The van der Waals surface area contributed by atoms with Crippen LogP contribution in [0.15, 0.2) is 0 Å². The van der Waals surface area contributed by atoms with Crippen molar-refractivity contribution in [2.45, 2.75) is 57.8 Å². The fourth-order valence-electron chi connectivity index (χ4n) is 1.97. The van der Waals surface area contributed by atoms with Gasteiger partial charge in [-0.1, -0.05) is 13.8 Å². The Kier molecular flexibility index (Phi) is 12.5. The summed E-state index contributed by atoms with van der Waals surface area (Å²) in [5.74, 6) is -0.382. The highest BCUT2D eigenvalue weighted by Crippen LogP contribution is 2.14. The average Bonchev–Trinajstić information content (AvgIpc) is 2.49. The molecule has 0 radical (unpaired) electrons. The SMILES string of the molecule is CCC(CC)OC(=O)C[C@@H](OCO)[C@@H](CCOCO)OC. The molecule has 0 amide bonds. The summed E-state index contributed by atoms with van der Waals surface area (Å²) in [7, 11) is 1.49. The van der Waals surface area contributed by atoms with E-state index in [0.717, 1.165) is 12.8 Å². The van der Waals surface area contributed by atoms with Crippen molar-refractivity contribution in [3.8, 4) is 0 Å². The van der Waals surface area contributed by atoms with Crippen LogP contribution in [0.1, 0.15) is 39.5 Å². The largest absolute Gasteiger partial charge is 0.462 e. The van der Waals surface area contributed by atoms with Crippen molar-refractivity contribution in [2.75, 3.05) is 27.3 Å². The molecule has 0 aromatic rings. The van der Waals surface area contributed by atoms with E-state index in [0.29, 0.717) is 6.42 Å². The number of carbonyl (C=O) groups excluding carboxylic acids is 1. The fourth-order valence-corrected chi connectivity index (χ4v) is 1.97. The Morgan fingerprint density at radius 2 is 1.76 bits per heavy atom. The van der Waals surface area contributed by atoms with Crippen molar-refractivity contribution < 1.29 is 34.0 Å². The molecule has 0 fully saturated rings. The highest BCUT2D eigenvalue weighted by Gasteiger charge is 2.26. The number of rotatable bonds is 13. The van der Waals surface area contributed by atoms with E-state index in [4.69, 9.17) is 29.2 Å². The van der Waals surface area contributed by atoms with E-state index < -0.39 is 19.0 Å². The topological polar surface area (TPSA) is 94.5 Å². The molecule has 0 saturated heterocycles. The van der Waals surface area contributed by atoms with Crippen molar-refractivity contribution in [3.05, 3.63) is 0 Å².